The predicted octanol–water partition coefficient (Wildman–Crippen LogP) is 2.74. The summed E-state index contributed by atoms with van der Waals surface area (Å²) < 4.78 is 10.5. The van der Waals surface area contributed by atoms with Crippen LogP contribution in [0.1, 0.15) is 6.42 Å². The Bertz CT molecular complexity index is 820. The molecule has 1 fully saturated rings. The molecule has 1 N–H and O–H groups in total. The summed E-state index contributed by atoms with van der Waals surface area (Å²) in [6, 6.07) is 8.46. The number of morpholine rings is 1. The van der Waals surface area contributed by atoms with E-state index in [9.17, 15) is 9.59 Å². The number of halogens is 1. The van der Waals surface area contributed by atoms with Gasteiger partial charge in [0, 0.05) is 24.6 Å². The molecular weight excluding hydrogens is 358 g/mol. The lowest BCUT2D eigenvalue weighted by Gasteiger charge is -2.34. The number of anilines is 1. The van der Waals surface area contributed by atoms with Crippen LogP contribution in [0.2, 0.25) is 5.02 Å². The van der Waals surface area contributed by atoms with Crippen molar-refractivity contribution in [2.24, 2.45) is 0 Å². The van der Waals surface area contributed by atoms with Crippen LogP contribution in [-0.2, 0) is 14.3 Å². The van der Waals surface area contributed by atoms with Crippen LogP contribution in [0, 0.1) is 0 Å². The maximum Gasteiger partial charge on any atom is 0.246 e. The van der Waals surface area contributed by atoms with Crippen molar-refractivity contribution in [3.63, 3.8) is 0 Å². The van der Waals surface area contributed by atoms with Gasteiger partial charge in [0.2, 0.25) is 17.7 Å². The Morgan fingerprint density at radius 2 is 2.23 bits per heavy atom. The minimum Gasteiger partial charge on any atom is -0.377 e. The number of amides is 2. The fourth-order valence-electron chi connectivity index (χ4n) is 2.76. The van der Waals surface area contributed by atoms with Gasteiger partial charge in [-0.15, -0.1) is 0 Å². The van der Waals surface area contributed by atoms with E-state index in [4.69, 9.17) is 20.9 Å². The predicted molar refractivity (Wildman–Crippen MR) is 96.7 cm³/mol. The smallest absolute Gasteiger partial charge is 0.246 e. The van der Waals surface area contributed by atoms with E-state index in [1.165, 1.54) is 6.08 Å². The molecule has 136 valence electrons. The second-order valence-electron chi connectivity index (χ2n) is 5.77. The zero-order valence-electron chi connectivity index (χ0n) is 14.0. The highest BCUT2D eigenvalue weighted by atomic mass is 35.5. The Kier molecular flexibility index (Phi) is 5.70. The Balaban J connectivity index is 1.64. The molecule has 0 saturated carbocycles. The summed E-state index contributed by atoms with van der Waals surface area (Å²) in [6.45, 7) is 4.67. The van der Waals surface area contributed by atoms with Crippen molar-refractivity contribution in [2.75, 3.05) is 25.1 Å². The number of aromatic nitrogens is 1. The van der Waals surface area contributed by atoms with Crippen molar-refractivity contribution in [2.45, 2.75) is 12.5 Å². The molecule has 1 aromatic carbocycles. The first-order valence-corrected chi connectivity index (χ1v) is 8.48. The van der Waals surface area contributed by atoms with E-state index in [2.05, 4.69) is 17.1 Å². The van der Waals surface area contributed by atoms with E-state index >= 15 is 0 Å². The zero-order chi connectivity index (χ0) is 18.5. The van der Waals surface area contributed by atoms with Crippen molar-refractivity contribution in [3.8, 4) is 11.3 Å². The van der Waals surface area contributed by atoms with Crippen molar-refractivity contribution in [1.29, 1.82) is 0 Å². The molecule has 8 heteroatoms. The average Bonchev–Trinajstić information content (AvgIpc) is 3.10. The molecule has 2 aromatic rings. The molecule has 1 aliphatic rings. The summed E-state index contributed by atoms with van der Waals surface area (Å²) in [5.74, 6) is -0.306. The largest absolute Gasteiger partial charge is 0.377 e. The van der Waals surface area contributed by atoms with Gasteiger partial charge in [-0.1, -0.05) is 41.5 Å². The maximum atomic E-state index is 12.3. The van der Waals surface area contributed by atoms with Gasteiger partial charge in [-0.3, -0.25) is 14.9 Å². The second kappa shape index (κ2) is 8.16. The van der Waals surface area contributed by atoms with Gasteiger partial charge in [-0.25, -0.2) is 0 Å². The van der Waals surface area contributed by atoms with Gasteiger partial charge in [0.1, 0.15) is 5.69 Å². The van der Waals surface area contributed by atoms with E-state index < -0.39 is 0 Å². The van der Waals surface area contributed by atoms with E-state index in [0.717, 1.165) is 0 Å². The monoisotopic (exact) mass is 375 g/mol. The molecule has 0 aliphatic carbocycles. The van der Waals surface area contributed by atoms with Crippen LogP contribution < -0.4 is 5.32 Å². The number of carbonyl (C=O) groups is 2. The summed E-state index contributed by atoms with van der Waals surface area (Å²) >= 11 is 6.13. The molecule has 2 heterocycles. The lowest BCUT2D eigenvalue weighted by atomic mass is 10.1. The molecule has 0 radical (unpaired) electrons. The molecule has 1 saturated heterocycles. The topological polar surface area (TPSA) is 84.7 Å². The minimum atomic E-state index is -0.347. The summed E-state index contributed by atoms with van der Waals surface area (Å²) in [5, 5.41) is 7.11. The van der Waals surface area contributed by atoms with Crippen molar-refractivity contribution in [1.82, 2.24) is 10.1 Å². The zero-order valence-corrected chi connectivity index (χ0v) is 14.7. The van der Waals surface area contributed by atoms with E-state index in [-0.39, 0.29) is 30.2 Å². The lowest BCUT2D eigenvalue weighted by molar-refractivity contribution is -0.136. The van der Waals surface area contributed by atoms with Crippen LogP contribution in [-0.4, -0.2) is 47.7 Å². The van der Waals surface area contributed by atoms with Gasteiger partial charge in [-0.2, -0.15) is 0 Å². The molecular formula is C18H18ClN3O4. The quantitative estimate of drug-likeness (QED) is 0.812. The van der Waals surface area contributed by atoms with Gasteiger partial charge >= 0.3 is 0 Å². The molecule has 7 nitrogen and oxygen atoms in total. The third kappa shape index (κ3) is 4.12. The molecule has 0 spiro atoms. The van der Waals surface area contributed by atoms with Crippen LogP contribution in [0.15, 0.2) is 47.5 Å². The third-order valence-electron chi connectivity index (χ3n) is 4.03. The molecule has 1 atom stereocenters. The minimum absolute atomic E-state index is 0.0850. The standard InChI is InChI=1S/C18H18ClN3O4/c1-2-18(24)22-7-8-25-11-12(22)9-16(23)20-17-10-15(21-26-17)13-5-3-4-6-14(13)19/h2-6,10,12H,1,7-9,11H2,(H,20,23). The molecule has 0 bridgehead atoms. The summed E-state index contributed by atoms with van der Waals surface area (Å²) in [7, 11) is 0. The molecule has 1 unspecified atom stereocenters. The fraction of sp³-hybridized carbons (Fsp3) is 0.278. The van der Waals surface area contributed by atoms with Gasteiger partial charge in [0.05, 0.1) is 24.3 Å². The van der Waals surface area contributed by atoms with Crippen LogP contribution in [0.5, 0.6) is 0 Å². The van der Waals surface area contributed by atoms with Gasteiger partial charge < -0.3 is 14.2 Å². The van der Waals surface area contributed by atoms with Crippen LogP contribution in [0.3, 0.4) is 0 Å². The highest BCUT2D eigenvalue weighted by Gasteiger charge is 2.28. The van der Waals surface area contributed by atoms with Crippen molar-refractivity contribution in [3.05, 3.63) is 48.0 Å². The Morgan fingerprint density at radius 3 is 3.00 bits per heavy atom. The normalized spacial score (nSPS) is 17.0. The first kappa shape index (κ1) is 18.2. The number of benzene rings is 1. The van der Waals surface area contributed by atoms with Crippen LogP contribution in [0.4, 0.5) is 5.88 Å². The first-order valence-electron chi connectivity index (χ1n) is 8.10. The number of rotatable bonds is 5. The number of ether oxygens (including phenoxy) is 1. The lowest BCUT2D eigenvalue weighted by Crippen LogP contribution is -2.49. The number of hydrogen-bond donors (Lipinski definition) is 1. The van der Waals surface area contributed by atoms with Gasteiger partial charge in [0.15, 0.2) is 0 Å². The molecule has 1 aliphatic heterocycles. The number of carbonyl (C=O) groups excluding carboxylic acids is 2. The van der Waals surface area contributed by atoms with Crippen LogP contribution in [0.25, 0.3) is 11.3 Å². The second-order valence-corrected chi connectivity index (χ2v) is 6.18. The third-order valence-corrected chi connectivity index (χ3v) is 4.36. The van der Waals surface area contributed by atoms with Crippen molar-refractivity contribution < 1.29 is 18.8 Å². The Hall–Kier alpha value is -2.64. The summed E-state index contributed by atoms with van der Waals surface area (Å²) in [4.78, 5) is 25.8. The number of nitrogens with one attached hydrogen (secondary N) is 1. The molecule has 1 aromatic heterocycles. The first-order chi connectivity index (χ1) is 12.6. The van der Waals surface area contributed by atoms with Crippen molar-refractivity contribution >= 4 is 29.3 Å². The SMILES string of the molecule is C=CC(=O)N1CCOCC1CC(=O)Nc1cc(-c2ccccc2Cl)no1. The number of nitrogens with zero attached hydrogens (tertiary/aromatic N) is 2. The fourth-order valence-corrected chi connectivity index (χ4v) is 3.00. The van der Waals surface area contributed by atoms with Crippen LogP contribution >= 0.6 is 11.6 Å². The van der Waals surface area contributed by atoms with E-state index in [0.29, 0.717) is 36.0 Å². The Morgan fingerprint density at radius 1 is 1.42 bits per heavy atom. The van der Waals surface area contributed by atoms with Gasteiger partial charge in [-0.05, 0) is 12.1 Å². The summed E-state index contributed by atoms with van der Waals surface area (Å²) in [5.41, 5.74) is 1.23. The Labute approximate surface area is 155 Å². The highest BCUT2D eigenvalue weighted by molar-refractivity contribution is 6.33. The average molecular weight is 376 g/mol. The molecule has 2 amide bonds. The number of hydrogen-bond acceptors (Lipinski definition) is 5. The van der Waals surface area contributed by atoms with E-state index in [1.54, 1.807) is 17.0 Å². The summed E-state index contributed by atoms with van der Waals surface area (Å²) in [6.07, 6.45) is 1.32. The highest BCUT2D eigenvalue weighted by Crippen LogP contribution is 2.28. The molecule has 26 heavy (non-hydrogen) atoms. The molecule has 3 rings (SSSR count). The maximum absolute atomic E-state index is 12.3. The van der Waals surface area contributed by atoms with E-state index in [1.807, 2.05) is 18.2 Å². The van der Waals surface area contributed by atoms with Gasteiger partial charge in [0.25, 0.3) is 0 Å².